The largest absolute Gasteiger partial charge is 0.325 e. The molecule has 3 nitrogen and oxygen atoms in total. The number of amides is 1. The molecule has 1 aliphatic rings. The van der Waals surface area contributed by atoms with Crippen LogP contribution in [0.5, 0.6) is 0 Å². The van der Waals surface area contributed by atoms with Crippen LogP contribution in [0.2, 0.25) is 5.02 Å². The highest BCUT2D eigenvalue weighted by Gasteiger charge is 2.16. The minimum atomic E-state index is 0.0417. The van der Waals surface area contributed by atoms with Gasteiger partial charge in [0, 0.05) is 17.0 Å². The first-order chi connectivity index (χ1) is 10.2. The van der Waals surface area contributed by atoms with E-state index in [9.17, 15) is 4.79 Å². The third kappa shape index (κ3) is 5.08. The van der Waals surface area contributed by atoms with Crippen molar-refractivity contribution < 1.29 is 4.79 Å². The predicted octanol–water partition coefficient (Wildman–Crippen LogP) is 3.56. The zero-order valence-corrected chi connectivity index (χ0v) is 12.9. The first-order valence-electron chi connectivity index (χ1n) is 7.47. The number of halogens is 1. The molecule has 21 heavy (non-hydrogen) atoms. The maximum Gasteiger partial charge on any atom is 0.224 e. The van der Waals surface area contributed by atoms with E-state index in [-0.39, 0.29) is 12.5 Å². The molecule has 4 heteroatoms. The van der Waals surface area contributed by atoms with Crippen LogP contribution in [0.15, 0.2) is 18.2 Å². The van der Waals surface area contributed by atoms with Crippen LogP contribution < -0.4 is 11.1 Å². The highest BCUT2D eigenvalue weighted by atomic mass is 35.5. The fourth-order valence-electron chi connectivity index (χ4n) is 2.72. The summed E-state index contributed by atoms with van der Waals surface area (Å²) in [6, 6.07) is 5.29. The van der Waals surface area contributed by atoms with E-state index in [0.717, 1.165) is 12.3 Å². The van der Waals surface area contributed by atoms with Gasteiger partial charge in [-0.3, -0.25) is 4.79 Å². The standard InChI is InChI=1S/C17H21ClN2O/c18-15-8-9-16(14(12-15)6-3-11-19)20-17(21)10-7-13-4-1-2-5-13/h8-9,12-13H,1-2,4-5,7,10-11,19H2,(H,20,21). The highest BCUT2D eigenvalue weighted by Crippen LogP contribution is 2.28. The average molecular weight is 305 g/mol. The lowest BCUT2D eigenvalue weighted by Gasteiger charge is -2.10. The van der Waals surface area contributed by atoms with Crippen molar-refractivity contribution in [2.24, 2.45) is 11.7 Å². The smallest absolute Gasteiger partial charge is 0.224 e. The van der Waals surface area contributed by atoms with Gasteiger partial charge in [-0.25, -0.2) is 0 Å². The molecule has 0 unspecified atom stereocenters. The predicted molar refractivity (Wildman–Crippen MR) is 87.2 cm³/mol. The first-order valence-corrected chi connectivity index (χ1v) is 7.85. The van der Waals surface area contributed by atoms with Gasteiger partial charge in [0.1, 0.15) is 0 Å². The van der Waals surface area contributed by atoms with Gasteiger partial charge >= 0.3 is 0 Å². The molecule has 1 aromatic rings. The number of nitrogens with one attached hydrogen (secondary N) is 1. The summed E-state index contributed by atoms with van der Waals surface area (Å²) in [4.78, 5) is 12.1. The van der Waals surface area contributed by atoms with Gasteiger partial charge in [-0.1, -0.05) is 49.1 Å². The molecule has 1 fully saturated rings. The SMILES string of the molecule is NCC#Cc1cc(Cl)ccc1NC(=O)CCC1CCCC1. The van der Waals surface area contributed by atoms with Crippen LogP contribution in [-0.2, 0) is 4.79 Å². The van der Waals surface area contributed by atoms with Crippen molar-refractivity contribution in [3.63, 3.8) is 0 Å². The molecule has 0 atom stereocenters. The van der Waals surface area contributed by atoms with Gasteiger partial charge in [0.2, 0.25) is 5.91 Å². The number of hydrogen-bond donors (Lipinski definition) is 2. The number of rotatable bonds is 4. The summed E-state index contributed by atoms with van der Waals surface area (Å²) in [5.74, 6) is 6.49. The Kier molecular flexibility index (Phi) is 6.10. The van der Waals surface area contributed by atoms with Crippen molar-refractivity contribution in [2.45, 2.75) is 38.5 Å². The van der Waals surface area contributed by atoms with Crippen molar-refractivity contribution in [3.8, 4) is 11.8 Å². The molecule has 0 heterocycles. The van der Waals surface area contributed by atoms with Crippen LogP contribution >= 0.6 is 11.6 Å². The maximum atomic E-state index is 12.1. The summed E-state index contributed by atoms with van der Waals surface area (Å²) in [5.41, 5.74) is 6.80. The minimum Gasteiger partial charge on any atom is -0.325 e. The van der Waals surface area contributed by atoms with Gasteiger partial charge < -0.3 is 11.1 Å². The fraction of sp³-hybridized carbons (Fsp3) is 0.471. The quantitative estimate of drug-likeness (QED) is 0.836. The van der Waals surface area contributed by atoms with E-state index in [0.29, 0.717) is 22.7 Å². The third-order valence-corrected chi connectivity index (χ3v) is 4.07. The van der Waals surface area contributed by atoms with E-state index in [1.54, 1.807) is 18.2 Å². The lowest BCUT2D eigenvalue weighted by Crippen LogP contribution is -2.13. The lowest BCUT2D eigenvalue weighted by atomic mass is 10.0. The second kappa shape index (κ2) is 8.07. The van der Waals surface area contributed by atoms with Crippen LogP contribution in [0.3, 0.4) is 0 Å². The van der Waals surface area contributed by atoms with E-state index in [2.05, 4.69) is 17.2 Å². The van der Waals surface area contributed by atoms with E-state index >= 15 is 0 Å². The van der Waals surface area contributed by atoms with Crippen molar-refractivity contribution in [1.29, 1.82) is 0 Å². The molecule has 0 aromatic heterocycles. The van der Waals surface area contributed by atoms with E-state index in [4.69, 9.17) is 17.3 Å². The molecule has 2 rings (SSSR count). The monoisotopic (exact) mass is 304 g/mol. The Bertz CT molecular complexity index is 554. The van der Waals surface area contributed by atoms with Crippen LogP contribution in [0.4, 0.5) is 5.69 Å². The summed E-state index contributed by atoms with van der Waals surface area (Å²) in [6.45, 7) is 0.279. The molecule has 1 aromatic carbocycles. The first kappa shape index (κ1) is 15.9. The summed E-state index contributed by atoms with van der Waals surface area (Å²) < 4.78 is 0. The van der Waals surface area contributed by atoms with Crippen molar-refractivity contribution in [1.82, 2.24) is 0 Å². The van der Waals surface area contributed by atoms with Gasteiger partial charge in [0.25, 0.3) is 0 Å². The summed E-state index contributed by atoms with van der Waals surface area (Å²) in [5, 5.41) is 3.53. The molecule has 0 aliphatic heterocycles. The molecule has 3 N–H and O–H groups in total. The molecule has 1 saturated carbocycles. The Balaban J connectivity index is 1.95. The summed E-state index contributed by atoms with van der Waals surface area (Å²) >= 11 is 5.97. The third-order valence-electron chi connectivity index (χ3n) is 3.84. The Morgan fingerprint density at radius 3 is 2.86 bits per heavy atom. The zero-order chi connectivity index (χ0) is 15.1. The van der Waals surface area contributed by atoms with Crippen molar-refractivity contribution >= 4 is 23.2 Å². The molecule has 1 aliphatic carbocycles. The number of carbonyl (C=O) groups is 1. The van der Waals surface area contributed by atoms with Gasteiger partial charge in [-0.15, -0.1) is 0 Å². The molecule has 0 radical (unpaired) electrons. The van der Waals surface area contributed by atoms with Gasteiger partial charge in [-0.05, 0) is 30.5 Å². The Labute approximate surface area is 131 Å². The average Bonchev–Trinajstić information content (AvgIpc) is 2.98. The van der Waals surface area contributed by atoms with E-state index < -0.39 is 0 Å². The van der Waals surface area contributed by atoms with Crippen LogP contribution in [-0.4, -0.2) is 12.5 Å². The van der Waals surface area contributed by atoms with Crippen molar-refractivity contribution in [3.05, 3.63) is 28.8 Å². The second-order valence-corrected chi connectivity index (χ2v) is 5.87. The summed E-state index contributed by atoms with van der Waals surface area (Å²) in [7, 11) is 0. The topological polar surface area (TPSA) is 55.1 Å². The van der Waals surface area contributed by atoms with Gasteiger partial charge in [-0.2, -0.15) is 0 Å². The molecule has 1 amide bonds. The molecule has 0 spiro atoms. The Morgan fingerprint density at radius 2 is 2.14 bits per heavy atom. The number of carbonyl (C=O) groups excluding carboxylic acids is 1. The second-order valence-electron chi connectivity index (χ2n) is 5.43. The molecule has 0 bridgehead atoms. The fourth-order valence-corrected chi connectivity index (χ4v) is 2.89. The molecule has 0 saturated heterocycles. The van der Waals surface area contributed by atoms with E-state index in [1.807, 2.05) is 0 Å². The number of anilines is 1. The zero-order valence-electron chi connectivity index (χ0n) is 12.1. The Morgan fingerprint density at radius 1 is 1.38 bits per heavy atom. The highest BCUT2D eigenvalue weighted by molar-refractivity contribution is 6.30. The van der Waals surface area contributed by atoms with E-state index in [1.165, 1.54) is 25.7 Å². The Hall–Kier alpha value is -1.50. The molecular weight excluding hydrogens is 284 g/mol. The number of hydrogen-bond acceptors (Lipinski definition) is 2. The maximum absolute atomic E-state index is 12.1. The molecule has 112 valence electrons. The summed E-state index contributed by atoms with van der Waals surface area (Å²) in [6.07, 6.45) is 6.69. The number of nitrogens with two attached hydrogens (primary N) is 1. The van der Waals surface area contributed by atoms with Crippen LogP contribution in [0, 0.1) is 17.8 Å². The molecular formula is C17H21ClN2O. The minimum absolute atomic E-state index is 0.0417. The number of benzene rings is 1. The van der Waals surface area contributed by atoms with Gasteiger partial charge in [0.15, 0.2) is 0 Å². The normalized spacial score (nSPS) is 14.6. The lowest BCUT2D eigenvalue weighted by molar-refractivity contribution is -0.116. The van der Waals surface area contributed by atoms with Crippen LogP contribution in [0.1, 0.15) is 44.1 Å². The van der Waals surface area contributed by atoms with Crippen LogP contribution in [0.25, 0.3) is 0 Å². The van der Waals surface area contributed by atoms with Crippen molar-refractivity contribution in [2.75, 3.05) is 11.9 Å². The van der Waals surface area contributed by atoms with Gasteiger partial charge in [0.05, 0.1) is 12.2 Å².